The number of carbonyl (C=O) groups is 3. The maximum absolute atomic E-state index is 12.7. The first-order chi connectivity index (χ1) is 11.0. The Morgan fingerprint density at radius 3 is 2.22 bits per heavy atom. The quantitative estimate of drug-likeness (QED) is 0.845. The lowest BCUT2D eigenvalue weighted by atomic mass is 9.81. The average molecular weight is 322 g/mol. The molecule has 0 spiro atoms. The van der Waals surface area contributed by atoms with Crippen LogP contribution in [0.25, 0.3) is 0 Å². The van der Waals surface area contributed by atoms with E-state index in [2.05, 4.69) is 4.74 Å². The van der Waals surface area contributed by atoms with Gasteiger partial charge in [0.05, 0.1) is 21.3 Å². The molecule has 0 radical (unpaired) electrons. The summed E-state index contributed by atoms with van der Waals surface area (Å²) in [6.45, 7) is 1.73. The summed E-state index contributed by atoms with van der Waals surface area (Å²) >= 11 is 0. The minimum Gasteiger partial charge on any atom is -0.496 e. The van der Waals surface area contributed by atoms with Gasteiger partial charge < -0.3 is 14.2 Å². The van der Waals surface area contributed by atoms with Crippen LogP contribution in [0.5, 0.6) is 5.75 Å². The smallest absolute Gasteiger partial charge is 0.436 e. The van der Waals surface area contributed by atoms with Gasteiger partial charge in [0.1, 0.15) is 5.75 Å². The molecule has 0 N–H and O–H groups in total. The van der Waals surface area contributed by atoms with Crippen LogP contribution in [0.15, 0.2) is 24.3 Å². The lowest BCUT2D eigenvalue weighted by molar-refractivity contribution is -0.202. The minimum atomic E-state index is -1.38. The van der Waals surface area contributed by atoms with Crippen molar-refractivity contribution >= 4 is 18.1 Å². The van der Waals surface area contributed by atoms with Crippen LogP contribution in [-0.4, -0.2) is 49.4 Å². The van der Waals surface area contributed by atoms with E-state index in [1.807, 2.05) is 0 Å². The van der Waals surface area contributed by atoms with E-state index in [4.69, 9.17) is 9.47 Å². The molecule has 23 heavy (non-hydrogen) atoms. The summed E-state index contributed by atoms with van der Waals surface area (Å²) in [5.74, 6) is -0.150. The zero-order chi connectivity index (χ0) is 17.2. The zero-order valence-electron chi connectivity index (χ0n) is 13.4. The molecule has 1 saturated heterocycles. The van der Waals surface area contributed by atoms with Crippen LogP contribution in [0, 0.1) is 0 Å². The molecule has 1 aromatic carbocycles. The summed E-state index contributed by atoms with van der Waals surface area (Å²) < 4.78 is 14.6. The number of imide groups is 1. The Labute approximate surface area is 133 Å². The average Bonchev–Trinajstić information content (AvgIpc) is 2.59. The second-order valence-electron chi connectivity index (χ2n) is 4.78. The van der Waals surface area contributed by atoms with E-state index >= 15 is 0 Å². The van der Waals surface area contributed by atoms with Gasteiger partial charge in [-0.25, -0.2) is 9.59 Å². The van der Waals surface area contributed by atoms with Crippen LogP contribution in [0.2, 0.25) is 0 Å². The molecule has 0 aromatic heterocycles. The van der Waals surface area contributed by atoms with Gasteiger partial charge in [0.2, 0.25) is 0 Å². The molecule has 0 saturated carbocycles. The highest BCUT2D eigenvalue weighted by Crippen LogP contribution is 2.47. The van der Waals surface area contributed by atoms with Gasteiger partial charge in [-0.2, -0.15) is 5.01 Å². The van der Waals surface area contributed by atoms with E-state index in [0.29, 0.717) is 16.3 Å². The first-order valence-corrected chi connectivity index (χ1v) is 6.93. The van der Waals surface area contributed by atoms with Crippen LogP contribution in [0.4, 0.5) is 9.59 Å². The standard InChI is InChI=1S/C15H18N2O6/c1-5-15(10-8-6-7-9-11(10)21-2)12(18)16(13(19)22-3)17(15)14(20)23-4/h6-9H,5H2,1-4H3/t15-/m1/s1. The van der Waals surface area contributed by atoms with Crippen LogP contribution in [-0.2, 0) is 19.8 Å². The number of para-hydroxylation sites is 1. The summed E-state index contributed by atoms with van der Waals surface area (Å²) in [6, 6.07) is 6.81. The fourth-order valence-electron chi connectivity index (χ4n) is 2.76. The van der Waals surface area contributed by atoms with Crippen molar-refractivity contribution in [3.63, 3.8) is 0 Å². The summed E-state index contributed by atoms with van der Waals surface area (Å²) in [7, 11) is 3.76. The van der Waals surface area contributed by atoms with Crippen LogP contribution >= 0.6 is 0 Å². The Morgan fingerprint density at radius 2 is 1.70 bits per heavy atom. The van der Waals surface area contributed by atoms with Gasteiger partial charge in [-0.05, 0) is 12.5 Å². The molecule has 0 aliphatic carbocycles. The van der Waals surface area contributed by atoms with Crippen molar-refractivity contribution in [2.75, 3.05) is 21.3 Å². The van der Waals surface area contributed by atoms with E-state index in [0.717, 1.165) is 12.1 Å². The molecule has 1 aliphatic rings. The Kier molecular flexibility index (Phi) is 4.44. The fraction of sp³-hybridized carbons (Fsp3) is 0.400. The maximum Gasteiger partial charge on any atom is 0.436 e. The summed E-state index contributed by atoms with van der Waals surface area (Å²) in [5.41, 5.74) is -0.908. The highest BCUT2D eigenvalue weighted by Gasteiger charge is 2.66. The number of carbonyl (C=O) groups excluding carboxylic acids is 3. The van der Waals surface area contributed by atoms with Gasteiger partial charge in [0.15, 0.2) is 5.54 Å². The molecule has 0 bridgehead atoms. The molecular weight excluding hydrogens is 304 g/mol. The monoisotopic (exact) mass is 322 g/mol. The first kappa shape index (κ1) is 16.6. The maximum atomic E-state index is 12.7. The van der Waals surface area contributed by atoms with E-state index in [-0.39, 0.29) is 6.42 Å². The van der Waals surface area contributed by atoms with Crippen molar-refractivity contribution < 1.29 is 28.6 Å². The number of nitrogens with zero attached hydrogens (tertiary/aromatic N) is 2. The molecule has 1 fully saturated rings. The number of methoxy groups -OCH3 is 3. The number of hydrogen-bond donors (Lipinski definition) is 0. The minimum absolute atomic E-state index is 0.231. The SMILES string of the molecule is CC[C@@]1(c2ccccc2OC)C(=O)N(C(=O)OC)N1C(=O)OC. The van der Waals surface area contributed by atoms with Gasteiger partial charge >= 0.3 is 12.2 Å². The van der Waals surface area contributed by atoms with E-state index in [1.54, 1.807) is 31.2 Å². The molecule has 1 atom stereocenters. The van der Waals surface area contributed by atoms with Crippen molar-refractivity contribution in [2.24, 2.45) is 0 Å². The predicted octanol–water partition coefficient (Wildman–Crippen LogP) is 1.89. The molecule has 0 unspecified atom stereocenters. The van der Waals surface area contributed by atoms with Crippen molar-refractivity contribution in [3.05, 3.63) is 29.8 Å². The lowest BCUT2D eigenvalue weighted by Crippen LogP contribution is -2.77. The van der Waals surface area contributed by atoms with Crippen molar-refractivity contribution in [1.29, 1.82) is 0 Å². The van der Waals surface area contributed by atoms with Crippen molar-refractivity contribution in [3.8, 4) is 5.75 Å². The summed E-state index contributed by atoms with van der Waals surface area (Å²) in [6.07, 6.45) is -1.57. The third-order valence-corrected chi connectivity index (χ3v) is 3.87. The van der Waals surface area contributed by atoms with Gasteiger partial charge in [-0.15, -0.1) is 5.01 Å². The van der Waals surface area contributed by atoms with Gasteiger partial charge in [-0.1, -0.05) is 25.1 Å². The fourth-order valence-corrected chi connectivity index (χ4v) is 2.76. The molecule has 8 nitrogen and oxygen atoms in total. The highest BCUT2D eigenvalue weighted by molar-refractivity contribution is 6.06. The van der Waals surface area contributed by atoms with E-state index in [9.17, 15) is 14.4 Å². The molecule has 1 heterocycles. The van der Waals surface area contributed by atoms with Crippen molar-refractivity contribution in [1.82, 2.24) is 10.0 Å². The number of hydrazine groups is 1. The van der Waals surface area contributed by atoms with Crippen LogP contribution in [0.3, 0.4) is 0 Å². The molecule has 1 aliphatic heterocycles. The number of hydrogen-bond acceptors (Lipinski definition) is 6. The first-order valence-electron chi connectivity index (χ1n) is 6.93. The second-order valence-corrected chi connectivity index (χ2v) is 4.78. The van der Waals surface area contributed by atoms with Gasteiger partial charge in [0.25, 0.3) is 5.91 Å². The molecule has 8 heteroatoms. The van der Waals surface area contributed by atoms with Crippen LogP contribution in [0.1, 0.15) is 18.9 Å². The molecule has 2 rings (SSSR count). The third-order valence-electron chi connectivity index (χ3n) is 3.87. The molecule has 3 amide bonds. The Morgan fingerprint density at radius 1 is 1.09 bits per heavy atom. The lowest BCUT2D eigenvalue weighted by Gasteiger charge is -2.54. The van der Waals surface area contributed by atoms with E-state index < -0.39 is 23.6 Å². The molecular formula is C15H18N2O6. The third kappa shape index (κ3) is 2.18. The van der Waals surface area contributed by atoms with Crippen molar-refractivity contribution in [2.45, 2.75) is 18.9 Å². The Hall–Kier alpha value is -2.77. The Bertz CT molecular complexity index is 647. The molecule has 124 valence electrons. The summed E-state index contributed by atoms with van der Waals surface area (Å²) in [5, 5.41) is 1.58. The summed E-state index contributed by atoms with van der Waals surface area (Å²) in [4.78, 5) is 36.7. The second kappa shape index (κ2) is 6.15. The largest absolute Gasteiger partial charge is 0.496 e. The van der Waals surface area contributed by atoms with Crippen LogP contribution < -0.4 is 4.74 Å². The highest BCUT2D eigenvalue weighted by atomic mass is 16.6. The molecule has 1 aromatic rings. The Balaban J connectivity index is 2.61. The van der Waals surface area contributed by atoms with Gasteiger partial charge in [-0.3, -0.25) is 4.79 Å². The van der Waals surface area contributed by atoms with Gasteiger partial charge in [0, 0.05) is 5.56 Å². The number of rotatable bonds is 3. The zero-order valence-corrected chi connectivity index (χ0v) is 13.4. The number of ether oxygens (including phenoxy) is 3. The number of amides is 3. The topological polar surface area (TPSA) is 85.4 Å². The predicted molar refractivity (Wildman–Crippen MR) is 78.5 cm³/mol. The normalized spacial score (nSPS) is 19.9. The number of benzene rings is 1. The van der Waals surface area contributed by atoms with E-state index in [1.165, 1.54) is 14.2 Å².